The van der Waals surface area contributed by atoms with Crippen LogP contribution in [-0.4, -0.2) is 0 Å². The maximum absolute atomic E-state index is 5.77. The van der Waals surface area contributed by atoms with Crippen molar-refractivity contribution in [3.63, 3.8) is 0 Å². The molecule has 0 spiro atoms. The molecule has 2 aromatic carbocycles. The third kappa shape index (κ3) is 2.81. The highest BCUT2D eigenvalue weighted by Crippen LogP contribution is 2.26. The third-order valence-corrected chi connectivity index (χ3v) is 3.44. The van der Waals surface area contributed by atoms with Crippen molar-refractivity contribution in [2.45, 2.75) is 11.8 Å². The molecule has 0 aliphatic heterocycles. The molecule has 0 amide bonds. The molecule has 0 aliphatic rings. The molecule has 0 aromatic heterocycles. The molecule has 2 rings (SSSR count). The zero-order valence-electron chi connectivity index (χ0n) is 10.1. The molecule has 0 heterocycles. The first-order valence-corrected chi connectivity index (χ1v) is 6.32. The molecule has 18 heavy (non-hydrogen) atoms. The molecule has 94 valence electrons. The van der Waals surface area contributed by atoms with E-state index in [1.807, 2.05) is 37.3 Å². The molecular formula is C13H16N4S. The second kappa shape index (κ2) is 5.10. The fraction of sp³-hybridized carbons (Fsp3) is 0.0769. The summed E-state index contributed by atoms with van der Waals surface area (Å²) in [5.74, 6) is 0. The average molecular weight is 260 g/mol. The molecular weight excluding hydrogens is 244 g/mol. The van der Waals surface area contributed by atoms with Crippen molar-refractivity contribution in [3.05, 3.63) is 42.0 Å². The first kappa shape index (κ1) is 12.4. The summed E-state index contributed by atoms with van der Waals surface area (Å²) >= 11 is 1.51. The van der Waals surface area contributed by atoms with Crippen LogP contribution >= 0.6 is 11.9 Å². The highest BCUT2D eigenvalue weighted by Gasteiger charge is 2.00. The van der Waals surface area contributed by atoms with E-state index in [1.165, 1.54) is 11.9 Å². The number of hydrogen-bond acceptors (Lipinski definition) is 5. The van der Waals surface area contributed by atoms with E-state index in [2.05, 4.69) is 4.72 Å². The number of nitrogens with two attached hydrogens (primary N) is 3. The van der Waals surface area contributed by atoms with Gasteiger partial charge < -0.3 is 21.9 Å². The summed E-state index contributed by atoms with van der Waals surface area (Å²) < 4.78 is 3.22. The number of nitrogen functional groups attached to an aromatic ring is 3. The van der Waals surface area contributed by atoms with Crippen LogP contribution in [0.25, 0.3) is 0 Å². The Bertz CT molecular complexity index is 517. The molecule has 5 heteroatoms. The molecule has 0 aliphatic carbocycles. The summed E-state index contributed by atoms with van der Waals surface area (Å²) in [6, 6.07) is 11.4. The Hall–Kier alpha value is -2.01. The zero-order chi connectivity index (χ0) is 13.1. The van der Waals surface area contributed by atoms with Crippen LogP contribution < -0.4 is 21.9 Å². The smallest absolute Gasteiger partial charge is 0.0568 e. The normalized spacial score (nSPS) is 10.3. The van der Waals surface area contributed by atoms with Gasteiger partial charge in [0.2, 0.25) is 0 Å². The Labute approximate surface area is 111 Å². The first-order chi connectivity index (χ1) is 8.56. The minimum absolute atomic E-state index is 0.578. The quantitative estimate of drug-likeness (QED) is 0.503. The van der Waals surface area contributed by atoms with E-state index < -0.39 is 0 Å². The van der Waals surface area contributed by atoms with Crippen molar-refractivity contribution < 1.29 is 0 Å². The molecule has 0 bridgehead atoms. The Morgan fingerprint density at radius 1 is 0.889 bits per heavy atom. The van der Waals surface area contributed by atoms with Crippen LogP contribution in [0.4, 0.5) is 22.7 Å². The lowest BCUT2D eigenvalue weighted by molar-refractivity contribution is 1.37. The number of benzene rings is 2. The maximum atomic E-state index is 5.77. The lowest BCUT2D eigenvalue weighted by Crippen LogP contribution is -1.96. The Morgan fingerprint density at radius 3 is 2.28 bits per heavy atom. The standard InChI is InChI=1S/C13H16N4S/c1-8-6-10(3-5-11(8)14)18-17-9-2-4-12(15)13(16)7-9/h2-7,17H,14-16H2,1H3. The Morgan fingerprint density at radius 2 is 1.61 bits per heavy atom. The third-order valence-electron chi connectivity index (χ3n) is 2.61. The van der Waals surface area contributed by atoms with Gasteiger partial charge in [-0.1, -0.05) is 0 Å². The molecule has 2 aromatic rings. The van der Waals surface area contributed by atoms with E-state index >= 15 is 0 Å². The molecule has 0 saturated carbocycles. The van der Waals surface area contributed by atoms with Crippen LogP contribution in [0.3, 0.4) is 0 Å². The largest absolute Gasteiger partial charge is 0.399 e. The van der Waals surface area contributed by atoms with Crippen LogP contribution in [0.5, 0.6) is 0 Å². The van der Waals surface area contributed by atoms with E-state index in [0.717, 1.165) is 21.8 Å². The van der Waals surface area contributed by atoms with Crippen molar-refractivity contribution in [1.29, 1.82) is 0 Å². The Balaban J connectivity index is 2.06. The fourth-order valence-corrected chi connectivity index (χ4v) is 2.20. The second-order valence-electron chi connectivity index (χ2n) is 4.07. The van der Waals surface area contributed by atoms with Crippen molar-refractivity contribution in [2.75, 3.05) is 21.9 Å². The molecule has 0 unspecified atom stereocenters. The van der Waals surface area contributed by atoms with Gasteiger partial charge in [-0.05, 0) is 60.8 Å². The molecule has 0 radical (unpaired) electrons. The van der Waals surface area contributed by atoms with Gasteiger partial charge in [0, 0.05) is 16.3 Å². The average Bonchev–Trinajstić information content (AvgIpc) is 2.35. The minimum Gasteiger partial charge on any atom is -0.399 e. The summed E-state index contributed by atoms with van der Waals surface area (Å²) in [4.78, 5) is 1.09. The van der Waals surface area contributed by atoms with E-state index in [0.29, 0.717) is 11.4 Å². The predicted octanol–water partition coefficient (Wildman–Crippen LogP) is 2.86. The molecule has 0 saturated heterocycles. The fourth-order valence-electron chi connectivity index (χ4n) is 1.47. The monoisotopic (exact) mass is 260 g/mol. The topological polar surface area (TPSA) is 90.1 Å². The van der Waals surface area contributed by atoms with Gasteiger partial charge in [0.05, 0.1) is 11.4 Å². The van der Waals surface area contributed by atoms with Crippen molar-refractivity contribution >= 4 is 34.7 Å². The summed E-state index contributed by atoms with van der Waals surface area (Å²) in [7, 11) is 0. The molecule has 4 nitrogen and oxygen atoms in total. The van der Waals surface area contributed by atoms with Gasteiger partial charge >= 0.3 is 0 Å². The highest BCUT2D eigenvalue weighted by molar-refractivity contribution is 8.00. The number of hydrogen-bond donors (Lipinski definition) is 4. The van der Waals surface area contributed by atoms with Gasteiger partial charge in [0.1, 0.15) is 0 Å². The first-order valence-electron chi connectivity index (χ1n) is 5.50. The summed E-state index contributed by atoms with van der Waals surface area (Å²) in [6.45, 7) is 1.99. The maximum Gasteiger partial charge on any atom is 0.0568 e. The predicted molar refractivity (Wildman–Crippen MR) is 80.3 cm³/mol. The Kier molecular flexibility index (Phi) is 3.53. The summed E-state index contributed by atoms with van der Waals surface area (Å²) in [5.41, 5.74) is 21.1. The molecule has 0 fully saturated rings. The highest BCUT2D eigenvalue weighted by atomic mass is 32.2. The molecule has 7 N–H and O–H groups in total. The minimum atomic E-state index is 0.578. The molecule has 0 atom stereocenters. The van der Waals surface area contributed by atoms with E-state index in [4.69, 9.17) is 17.2 Å². The van der Waals surface area contributed by atoms with Crippen molar-refractivity contribution in [1.82, 2.24) is 0 Å². The van der Waals surface area contributed by atoms with Crippen LogP contribution in [0.2, 0.25) is 0 Å². The van der Waals surface area contributed by atoms with Crippen molar-refractivity contribution in [3.8, 4) is 0 Å². The van der Waals surface area contributed by atoms with Crippen LogP contribution in [0.15, 0.2) is 41.3 Å². The van der Waals surface area contributed by atoms with Gasteiger partial charge in [-0.2, -0.15) is 0 Å². The number of aryl methyl sites for hydroxylation is 1. The van der Waals surface area contributed by atoms with E-state index in [-0.39, 0.29) is 0 Å². The lowest BCUT2D eigenvalue weighted by atomic mass is 10.2. The lowest BCUT2D eigenvalue weighted by Gasteiger charge is -2.08. The number of anilines is 4. The van der Waals surface area contributed by atoms with Gasteiger partial charge in [0.25, 0.3) is 0 Å². The van der Waals surface area contributed by atoms with E-state index in [9.17, 15) is 0 Å². The van der Waals surface area contributed by atoms with Gasteiger partial charge in [0.15, 0.2) is 0 Å². The van der Waals surface area contributed by atoms with Gasteiger partial charge in [-0.25, -0.2) is 0 Å². The zero-order valence-corrected chi connectivity index (χ0v) is 10.9. The SMILES string of the molecule is Cc1cc(SNc2ccc(N)c(N)c2)ccc1N. The van der Waals surface area contributed by atoms with Crippen LogP contribution in [-0.2, 0) is 0 Å². The van der Waals surface area contributed by atoms with Gasteiger partial charge in [-0.15, -0.1) is 0 Å². The second-order valence-corrected chi connectivity index (χ2v) is 4.95. The van der Waals surface area contributed by atoms with Crippen LogP contribution in [0.1, 0.15) is 5.56 Å². The van der Waals surface area contributed by atoms with Gasteiger partial charge in [-0.3, -0.25) is 0 Å². The number of rotatable bonds is 3. The van der Waals surface area contributed by atoms with Crippen molar-refractivity contribution in [2.24, 2.45) is 0 Å². The van der Waals surface area contributed by atoms with Crippen LogP contribution in [0, 0.1) is 6.92 Å². The summed E-state index contributed by atoms with van der Waals surface area (Å²) in [6.07, 6.45) is 0. The van der Waals surface area contributed by atoms with E-state index in [1.54, 1.807) is 6.07 Å². The summed E-state index contributed by atoms with van der Waals surface area (Å²) in [5, 5.41) is 0. The number of nitrogens with one attached hydrogen (secondary N) is 1.